The molecule has 101 heavy (non-hydrogen) atoms. The van der Waals surface area contributed by atoms with Crippen LogP contribution in [0, 0.1) is 23.7 Å². The number of likely N-dealkylation sites (tertiary alicyclic amines) is 1. The first-order valence-corrected chi connectivity index (χ1v) is 37.3. The van der Waals surface area contributed by atoms with Crippen LogP contribution in [0.4, 0.5) is 13.2 Å². The number of hydrogen-bond donors (Lipinski definition) is 3. The number of halogens is 4. The molecule has 0 unspecified atom stereocenters. The molecule has 4 saturated heterocycles. The molecule has 3 saturated carbocycles. The molecule has 3 N–H and O–H groups in total. The van der Waals surface area contributed by atoms with E-state index in [4.69, 9.17) is 11.6 Å². The molecule has 7 fully saturated rings. The summed E-state index contributed by atoms with van der Waals surface area (Å²) in [4.78, 5) is 192. The van der Waals surface area contributed by atoms with Crippen LogP contribution in [0.15, 0.2) is 18.2 Å². The van der Waals surface area contributed by atoms with E-state index in [1.807, 2.05) is 20.8 Å². The first kappa shape index (κ1) is 79.6. The number of likely N-dealkylation sites (N-methyl/N-ethyl adjacent to an activating group) is 6. The Morgan fingerprint density at radius 3 is 1.81 bits per heavy atom. The highest BCUT2D eigenvalue weighted by molar-refractivity contribution is 6.31. The normalized spacial score (nSPS) is 28.3. The number of amides is 12. The van der Waals surface area contributed by atoms with Crippen LogP contribution >= 0.6 is 11.6 Å². The highest BCUT2D eigenvalue weighted by atomic mass is 35.5. The maximum atomic E-state index is 15.5. The van der Waals surface area contributed by atoms with Crippen molar-refractivity contribution in [2.45, 2.75) is 255 Å². The van der Waals surface area contributed by atoms with Crippen LogP contribution in [-0.4, -0.2) is 250 Å². The van der Waals surface area contributed by atoms with Crippen molar-refractivity contribution in [1.29, 1.82) is 0 Å². The van der Waals surface area contributed by atoms with Gasteiger partial charge in [0, 0.05) is 68.5 Å². The number of rotatable bonds is 12. The summed E-state index contributed by atoms with van der Waals surface area (Å²) in [6.07, 6.45) is 5.69. The van der Waals surface area contributed by atoms with Gasteiger partial charge in [-0.15, -0.1) is 0 Å². The standard InChI is InChI=1S/C73H110ClF3N12O12/c1-12-45(4)61-70(100)82(7)46(5)64(94)89-37-31-54(89)67(97)84(9)56(40-47-22-15-13-16-23-47)66(96)81(6)43-59(90)78-52(30-28-48-27-29-50(51(74)39-48)73(75,76)77)65(95)88-36-21-24-53(88)63(93)80-72(32-17-18-33-72)71(101)86(11)57(41-49-25-26-49)68(98)85(10)58(69(99)87-34-19-14-20-35-87)42-60(91)83(8)55(38-44(2)3)62(92)79-61/h27,29,39,44-47,49,52-58,61H,12-26,28,30-38,40-43H2,1-11H3,(H,78,90)(H,79,92)(H,80,93)/t45-,46-,52-,53-,54-,55-,56-,57-,58-,61-/m0/s1. The van der Waals surface area contributed by atoms with Gasteiger partial charge in [-0.2, -0.15) is 13.2 Å². The van der Waals surface area contributed by atoms with E-state index in [1.54, 1.807) is 11.8 Å². The van der Waals surface area contributed by atoms with Crippen molar-refractivity contribution in [2.24, 2.45) is 23.7 Å². The first-order valence-electron chi connectivity index (χ1n) is 36.9. The van der Waals surface area contributed by atoms with Gasteiger partial charge >= 0.3 is 6.18 Å². The minimum Gasteiger partial charge on any atom is -0.343 e. The molecule has 1 aromatic rings. The number of nitrogens with one attached hydrogen (secondary N) is 3. The Kier molecular flexibility index (Phi) is 27.2. The summed E-state index contributed by atoms with van der Waals surface area (Å²) < 4.78 is 41.7. The molecule has 4 heterocycles. The van der Waals surface area contributed by atoms with E-state index < -0.39 is 166 Å². The summed E-state index contributed by atoms with van der Waals surface area (Å²) in [6.45, 7) is 9.24. The molecule has 8 rings (SSSR count). The summed E-state index contributed by atoms with van der Waals surface area (Å²) in [5.41, 5.74) is -2.32. The highest BCUT2D eigenvalue weighted by Gasteiger charge is 2.52. The molecule has 12 amide bonds. The fraction of sp³-hybridized carbons (Fsp3) is 0.753. The minimum atomic E-state index is -4.76. The zero-order valence-corrected chi connectivity index (χ0v) is 61.9. The molecule has 1 aromatic carbocycles. The van der Waals surface area contributed by atoms with E-state index >= 15 is 28.8 Å². The lowest BCUT2D eigenvalue weighted by Gasteiger charge is -2.45. The van der Waals surface area contributed by atoms with E-state index in [0.717, 1.165) is 68.4 Å². The van der Waals surface area contributed by atoms with Crippen molar-refractivity contribution >= 4 is 82.5 Å². The first-order chi connectivity index (χ1) is 47.7. The van der Waals surface area contributed by atoms with E-state index in [9.17, 15) is 41.9 Å². The molecule has 0 aromatic heterocycles. The van der Waals surface area contributed by atoms with Gasteiger partial charge in [0.15, 0.2) is 0 Å². The minimum absolute atomic E-state index is 0.0250. The molecule has 3 aliphatic carbocycles. The third-order valence-corrected chi connectivity index (χ3v) is 23.2. The Balaban J connectivity index is 1.17. The number of fused-ring (bicyclic) bond motifs is 2. The molecule has 0 radical (unpaired) electrons. The van der Waals surface area contributed by atoms with Gasteiger partial charge in [-0.25, -0.2) is 0 Å². The molecule has 28 heteroatoms. The fourth-order valence-electron chi connectivity index (χ4n) is 15.7. The van der Waals surface area contributed by atoms with Crippen molar-refractivity contribution in [3.8, 4) is 0 Å². The van der Waals surface area contributed by atoms with Gasteiger partial charge in [-0.3, -0.25) is 57.5 Å². The molecule has 24 nitrogen and oxygen atoms in total. The number of carbonyl (C=O) groups is 12. The SMILES string of the molecule is CC[C@H](C)[C@@H]1NC(=O)[C@H](CC(C)C)N(C)C(=O)C[C@@H](C(=O)N2CCCCC2)N(C)C(=O)[C@H](CC2CC2)N(C)C(=O)C2(CCCC2)NC(=O)[C@@H]2CCCN2C(=O)[C@H](CCc2ccc(C(F)(F)F)c(Cl)c2)NC(=O)CN(C)C(=O)[C@H](CC2CCCCC2)N(C)C(=O)[C@@H]2CCN2C(=O)[C@H](C)N(C)C1=O. The predicted octanol–water partition coefficient (Wildman–Crippen LogP) is 6.17. The Morgan fingerprint density at radius 2 is 1.23 bits per heavy atom. The Bertz CT molecular complexity index is 3210. The van der Waals surface area contributed by atoms with Gasteiger partial charge < -0.3 is 60.0 Å². The smallest absolute Gasteiger partial charge is 0.343 e. The second-order valence-electron chi connectivity index (χ2n) is 30.5. The van der Waals surface area contributed by atoms with Crippen molar-refractivity contribution < 1.29 is 70.7 Å². The molecule has 0 bridgehead atoms. The van der Waals surface area contributed by atoms with Gasteiger partial charge in [0.2, 0.25) is 70.9 Å². The lowest BCUT2D eigenvalue weighted by Crippen LogP contribution is -2.65. The van der Waals surface area contributed by atoms with E-state index in [0.29, 0.717) is 57.2 Å². The molecule has 10 atom stereocenters. The largest absolute Gasteiger partial charge is 0.417 e. The number of benzene rings is 1. The van der Waals surface area contributed by atoms with Gasteiger partial charge in [-0.1, -0.05) is 110 Å². The lowest BCUT2D eigenvalue weighted by molar-refractivity contribution is -0.160. The fourth-order valence-corrected chi connectivity index (χ4v) is 16.1. The predicted molar refractivity (Wildman–Crippen MR) is 371 cm³/mol. The summed E-state index contributed by atoms with van der Waals surface area (Å²) >= 11 is 6.17. The number of carbonyl (C=O) groups excluding carboxylic acids is 12. The maximum absolute atomic E-state index is 15.5. The van der Waals surface area contributed by atoms with Crippen LogP contribution in [0.3, 0.4) is 0 Å². The molecule has 562 valence electrons. The van der Waals surface area contributed by atoms with Crippen molar-refractivity contribution in [2.75, 3.05) is 75.0 Å². The number of alkyl halides is 3. The number of hydrogen-bond acceptors (Lipinski definition) is 12. The molecular weight excluding hydrogens is 1330 g/mol. The molecule has 7 aliphatic rings. The van der Waals surface area contributed by atoms with Crippen molar-refractivity contribution in [1.82, 2.24) is 60.0 Å². The highest BCUT2D eigenvalue weighted by Crippen LogP contribution is 2.40. The van der Waals surface area contributed by atoms with E-state index in [-0.39, 0.29) is 88.6 Å². The van der Waals surface area contributed by atoms with Gasteiger partial charge in [0.25, 0.3) is 0 Å². The molecule has 4 aliphatic heterocycles. The quantitative estimate of drug-likeness (QED) is 0.212. The topological polar surface area (TPSA) is 270 Å². The van der Waals surface area contributed by atoms with Gasteiger partial charge in [0.05, 0.1) is 23.6 Å². The van der Waals surface area contributed by atoms with Gasteiger partial charge in [-0.05, 0) is 132 Å². The second-order valence-corrected chi connectivity index (χ2v) is 30.9. The molecular formula is C73H110ClF3N12O12. The van der Waals surface area contributed by atoms with Crippen LogP contribution in [0.25, 0.3) is 0 Å². The van der Waals surface area contributed by atoms with Crippen LogP contribution in [0.1, 0.15) is 193 Å². The van der Waals surface area contributed by atoms with E-state index in [2.05, 4.69) is 16.0 Å². The average molecular weight is 1440 g/mol. The van der Waals surface area contributed by atoms with Crippen LogP contribution in [0.5, 0.6) is 0 Å². The Labute approximate surface area is 598 Å². The number of aryl methyl sites for hydroxylation is 1. The second kappa shape index (κ2) is 34.5. The lowest BCUT2D eigenvalue weighted by atomic mass is 9.84. The van der Waals surface area contributed by atoms with Crippen molar-refractivity contribution in [3.63, 3.8) is 0 Å². The third kappa shape index (κ3) is 19.0. The summed E-state index contributed by atoms with van der Waals surface area (Å²) in [5, 5.41) is 8.22. The summed E-state index contributed by atoms with van der Waals surface area (Å²) in [5.74, 6) is -8.05. The summed E-state index contributed by atoms with van der Waals surface area (Å²) in [7, 11) is 8.71. The van der Waals surface area contributed by atoms with Gasteiger partial charge in [0.1, 0.15) is 59.9 Å². The van der Waals surface area contributed by atoms with Crippen LogP contribution in [0.2, 0.25) is 5.02 Å². The number of nitrogens with zero attached hydrogens (tertiary/aromatic N) is 9. The van der Waals surface area contributed by atoms with Crippen molar-refractivity contribution in [3.05, 3.63) is 34.3 Å². The Hall–Kier alpha value is -7.06. The monoisotopic (exact) mass is 1440 g/mol. The zero-order valence-electron chi connectivity index (χ0n) is 61.2. The summed E-state index contributed by atoms with van der Waals surface area (Å²) in [6, 6.07) is -7.68. The average Bonchev–Trinajstić information content (AvgIpc) is 1.77. The maximum Gasteiger partial charge on any atom is 0.417 e. The Morgan fingerprint density at radius 1 is 0.614 bits per heavy atom. The zero-order chi connectivity index (χ0) is 74.1. The van der Waals surface area contributed by atoms with Crippen LogP contribution in [-0.2, 0) is 70.1 Å². The van der Waals surface area contributed by atoms with Crippen LogP contribution < -0.4 is 16.0 Å². The third-order valence-electron chi connectivity index (χ3n) is 22.9. The van der Waals surface area contributed by atoms with E-state index in [1.165, 1.54) is 89.6 Å². The molecule has 1 spiro atoms. The number of piperidine rings is 1.